The van der Waals surface area contributed by atoms with Crippen molar-refractivity contribution in [2.75, 3.05) is 0 Å². The fraction of sp³-hybridized carbons (Fsp3) is 0.0870. The third-order valence-electron chi connectivity index (χ3n) is 4.92. The molecule has 0 aliphatic rings. The smallest absolute Gasteiger partial charge is 0.272 e. The van der Waals surface area contributed by atoms with E-state index < -0.39 is 10.8 Å². The Balaban J connectivity index is 1.61. The fourth-order valence-corrected chi connectivity index (χ4v) is 4.66. The molecule has 13 heteroatoms. The molecule has 0 saturated carbocycles. The summed E-state index contributed by atoms with van der Waals surface area (Å²) in [5.41, 5.74) is 3.72. The zero-order chi connectivity index (χ0) is 25.7. The Labute approximate surface area is 219 Å². The highest BCUT2D eigenvalue weighted by atomic mass is 35.5. The topological polar surface area (TPSA) is 128 Å². The van der Waals surface area contributed by atoms with Crippen molar-refractivity contribution in [1.82, 2.24) is 25.2 Å². The van der Waals surface area contributed by atoms with Crippen LogP contribution in [0.5, 0.6) is 0 Å². The van der Waals surface area contributed by atoms with Crippen molar-refractivity contribution in [3.8, 4) is 11.4 Å². The van der Waals surface area contributed by atoms with Gasteiger partial charge >= 0.3 is 0 Å². The summed E-state index contributed by atoms with van der Waals surface area (Å²) < 4.78 is 1.92. The normalized spacial score (nSPS) is 11.1. The van der Waals surface area contributed by atoms with E-state index in [1.54, 1.807) is 18.5 Å². The molecule has 2 aromatic carbocycles. The monoisotopic (exact) mass is 541 g/mol. The number of pyridine rings is 1. The molecule has 2 heterocycles. The van der Waals surface area contributed by atoms with E-state index in [1.807, 2.05) is 23.6 Å². The van der Waals surface area contributed by atoms with E-state index in [1.165, 1.54) is 48.3 Å². The lowest BCUT2D eigenvalue weighted by Gasteiger charge is -2.09. The van der Waals surface area contributed by atoms with Gasteiger partial charge in [-0.15, -0.1) is 10.2 Å². The Morgan fingerprint density at radius 2 is 1.94 bits per heavy atom. The maximum absolute atomic E-state index is 12.4. The molecule has 0 atom stereocenters. The van der Waals surface area contributed by atoms with Gasteiger partial charge in [0.1, 0.15) is 0 Å². The van der Waals surface area contributed by atoms with Gasteiger partial charge in [0, 0.05) is 52.1 Å². The minimum Gasteiger partial charge on any atom is -0.302 e. The van der Waals surface area contributed by atoms with E-state index in [0.717, 1.165) is 5.56 Å². The second kappa shape index (κ2) is 11.3. The van der Waals surface area contributed by atoms with E-state index in [0.29, 0.717) is 33.0 Å². The first-order valence-corrected chi connectivity index (χ1v) is 12.0. The Bertz CT molecular complexity index is 1460. The summed E-state index contributed by atoms with van der Waals surface area (Å²) >= 11 is 13.2. The summed E-state index contributed by atoms with van der Waals surface area (Å²) in [6.45, 7) is 2.56. The number of hydrazone groups is 1. The van der Waals surface area contributed by atoms with Crippen LogP contribution in [0.3, 0.4) is 0 Å². The Morgan fingerprint density at radius 3 is 2.64 bits per heavy atom. The van der Waals surface area contributed by atoms with Crippen molar-refractivity contribution < 1.29 is 9.72 Å². The predicted octanol–water partition coefficient (Wildman–Crippen LogP) is 5.49. The number of halogens is 2. The van der Waals surface area contributed by atoms with Crippen LogP contribution in [0.15, 0.2) is 76.1 Å². The van der Waals surface area contributed by atoms with Crippen LogP contribution >= 0.6 is 35.0 Å². The summed E-state index contributed by atoms with van der Waals surface area (Å²) in [6, 6.07) is 12.5. The molecule has 0 aliphatic heterocycles. The first kappa shape index (κ1) is 25.3. The Kier molecular flexibility index (Phi) is 7.93. The second-order valence-corrected chi connectivity index (χ2v) is 9.04. The first-order valence-electron chi connectivity index (χ1n) is 10.5. The fourth-order valence-electron chi connectivity index (χ4n) is 3.20. The summed E-state index contributed by atoms with van der Waals surface area (Å²) in [7, 11) is 0. The predicted molar refractivity (Wildman–Crippen MR) is 138 cm³/mol. The van der Waals surface area contributed by atoms with Crippen molar-refractivity contribution in [2.45, 2.75) is 23.5 Å². The molecule has 4 aromatic rings. The number of nitro groups is 1. The molecule has 4 rings (SSSR count). The number of rotatable bonds is 8. The lowest BCUT2D eigenvalue weighted by molar-refractivity contribution is -0.384. The van der Waals surface area contributed by atoms with Gasteiger partial charge in [-0.2, -0.15) is 5.10 Å². The standard InChI is InChI=1S/C23H17Cl2N7O3S/c1-2-31-21(14-7-9-26-10-8-14)28-30-23(31)36-20-6-4-17(32(34)35)11-15(20)13-27-29-22(33)18-5-3-16(24)12-19(18)25/h3-13H,2H2,1H3,(H,29,33)/b27-13-. The number of benzene rings is 2. The number of carbonyl (C=O) groups is 1. The maximum atomic E-state index is 12.4. The number of non-ortho nitro benzene ring substituents is 1. The van der Waals surface area contributed by atoms with Crippen LogP contribution in [0, 0.1) is 10.1 Å². The van der Waals surface area contributed by atoms with Gasteiger partial charge in [0.2, 0.25) is 0 Å². The zero-order valence-corrected chi connectivity index (χ0v) is 21.0. The van der Waals surface area contributed by atoms with Gasteiger partial charge in [0.05, 0.1) is 21.7 Å². The van der Waals surface area contributed by atoms with Crippen molar-refractivity contribution in [2.24, 2.45) is 5.10 Å². The highest BCUT2D eigenvalue weighted by molar-refractivity contribution is 7.99. The lowest BCUT2D eigenvalue weighted by atomic mass is 10.2. The van der Waals surface area contributed by atoms with Crippen LogP contribution < -0.4 is 5.43 Å². The van der Waals surface area contributed by atoms with Gasteiger partial charge in [-0.1, -0.05) is 23.2 Å². The molecule has 0 spiro atoms. The highest BCUT2D eigenvalue weighted by Gasteiger charge is 2.17. The van der Waals surface area contributed by atoms with Crippen LogP contribution in [-0.4, -0.2) is 36.8 Å². The molecule has 10 nitrogen and oxygen atoms in total. The first-order chi connectivity index (χ1) is 17.4. The van der Waals surface area contributed by atoms with Gasteiger partial charge in [-0.25, -0.2) is 5.43 Å². The zero-order valence-electron chi connectivity index (χ0n) is 18.6. The SMILES string of the molecule is CCn1c(Sc2ccc([N+](=O)[O-])cc2/C=N\NC(=O)c2ccc(Cl)cc2Cl)nnc1-c1ccncc1. The largest absolute Gasteiger partial charge is 0.302 e. The van der Waals surface area contributed by atoms with E-state index in [-0.39, 0.29) is 16.3 Å². The van der Waals surface area contributed by atoms with Crippen molar-refractivity contribution in [3.05, 3.63) is 92.2 Å². The number of hydrogen-bond acceptors (Lipinski definition) is 8. The molecule has 1 amide bonds. The van der Waals surface area contributed by atoms with Crippen molar-refractivity contribution >= 4 is 52.8 Å². The number of nitrogens with one attached hydrogen (secondary N) is 1. The molecule has 2 aromatic heterocycles. The van der Waals surface area contributed by atoms with Gasteiger partial charge in [0.25, 0.3) is 11.6 Å². The van der Waals surface area contributed by atoms with E-state index in [9.17, 15) is 14.9 Å². The maximum Gasteiger partial charge on any atom is 0.272 e. The average Bonchev–Trinajstić information content (AvgIpc) is 3.27. The number of nitrogens with zero attached hydrogens (tertiary/aromatic N) is 6. The average molecular weight is 542 g/mol. The van der Waals surface area contributed by atoms with Crippen LogP contribution in [0.4, 0.5) is 5.69 Å². The molecular weight excluding hydrogens is 525 g/mol. The van der Waals surface area contributed by atoms with Gasteiger partial charge < -0.3 is 4.57 Å². The molecule has 182 valence electrons. The Hall–Kier alpha value is -3.80. The van der Waals surface area contributed by atoms with Crippen molar-refractivity contribution in [3.63, 3.8) is 0 Å². The molecule has 0 unspecified atom stereocenters. The third kappa shape index (κ3) is 5.70. The van der Waals surface area contributed by atoms with Crippen LogP contribution in [0.1, 0.15) is 22.8 Å². The molecule has 0 fully saturated rings. The van der Waals surface area contributed by atoms with Gasteiger partial charge in [-0.05, 0) is 55.1 Å². The van der Waals surface area contributed by atoms with Crippen LogP contribution in [0.2, 0.25) is 10.0 Å². The van der Waals surface area contributed by atoms with Gasteiger partial charge in [-0.3, -0.25) is 19.9 Å². The number of hydrogen-bond donors (Lipinski definition) is 1. The molecule has 0 aliphatic carbocycles. The molecule has 0 saturated heterocycles. The number of carbonyl (C=O) groups excluding carboxylic acids is 1. The molecule has 1 N–H and O–H groups in total. The Morgan fingerprint density at radius 1 is 1.17 bits per heavy atom. The molecule has 36 heavy (non-hydrogen) atoms. The van der Waals surface area contributed by atoms with Crippen LogP contribution in [0.25, 0.3) is 11.4 Å². The molecule has 0 radical (unpaired) electrons. The molecular formula is C23H17Cl2N7O3S. The minimum absolute atomic E-state index is 0.123. The highest BCUT2D eigenvalue weighted by Crippen LogP contribution is 2.33. The van der Waals surface area contributed by atoms with E-state index in [2.05, 4.69) is 25.7 Å². The quantitative estimate of drug-likeness (QED) is 0.177. The minimum atomic E-state index is -0.555. The summed E-state index contributed by atoms with van der Waals surface area (Å²) in [6.07, 6.45) is 4.67. The van der Waals surface area contributed by atoms with Crippen molar-refractivity contribution in [1.29, 1.82) is 0 Å². The van der Waals surface area contributed by atoms with E-state index >= 15 is 0 Å². The summed E-state index contributed by atoms with van der Waals surface area (Å²) in [5, 5.41) is 25.1. The van der Waals surface area contributed by atoms with Crippen LogP contribution in [-0.2, 0) is 6.54 Å². The van der Waals surface area contributed by atoms with E-state index in [4.69, 9.17) is 23.2 Å². The molecule has 0 bridgehead atoms. The number of nitro benzene ring substituents is 1. The van der Waals surface area contributed by atoms with Gasteiger partial charge in [0.15, 0.2) is 11.0 Å². The summed E-state index contributed by atoms with van der Waals surface area (Å²) in [4.78, 5) is 27.9. The third-order valence-corrected chi connectivity index (χ3v) is 6.55. The summed E-state index contributed by atoms with van der Waals surface area (Å²) in [5.74, 6) is 0.118. The number of amides is 1. The number of aromatic nitrogens is 4. The lowest BCUT2D eigenvalue weighted by Crippen LogP contribution is -2.18. The second-order valence-electron chi connectivity index (χ2n) is 7.19.